The molecule has 0 saturated carbocycles. The van der Waals surface area contributed by atoms with Crippen LogP contribution in [0.15, 0.2) is 6.07 Å². The van der Waals surface area contributed by atoms with Gasteiger partial charge in [-0.1, -0.05) is 6.92 Å². The first-order valence-corrected chi connectivity index (χ1v) is 6.63. The Morgan fingerprint density at radius 2 is 2.21 bits per heavy atom. The van der Waals surface area contributed by atoms with Crippen molar-refractivity contribution in [1.29, 1.82) is 0 Å². The second-order valence-electron chi connectivity index (χ2n) is 4.39. The molecule has 1 atom stereocenters. The zero-order valence-corrected chi connectivity index (χ0v) is 12.0. The fourth-order valence-corrected chi connectivity index (χ4v) is 1.67. The third-order valence-corrected chi connectivity index (χ3v) is 2.50. The topological polar surface area (TPSA) is 82.3 Å². The summed E-state index contributed by atoms with van der Waals surface area (Å²) < 4.78 is 10.7. The molecule has 0 bridgehead atoms. The Morgan fingerprint density at radius 1 is 1.42 bits per heavy atom. The number of nitrogens with one attached hydrogen (secondary N) is 1. The molecule has 6 nitrogen and oxygen atoms in total. The minimum Gasteiger partial charge on any atom is -0.478 e. The number of nitrogens with zero attached hydrogens (tertiary/aromatic N) is 2. The van der Waals surface area contributed by atoms with Gasteiger partial charge in [0.1, 0.15) is 0 Å². The van der Waals surface area contributed by atoms with Crippen molar-refractivity contribution in [1.82, 2.24) is 9.97 Å². The Kier molecular flexibility index (Phi) is 7.14. The van der Waals surface area contributed by atoms with Crippen LogP contribution in [0.4, 0.5) is 5.95 Å². The van der Waals surface area contributed by atoms with Crippen molar-refractivity contribution in [2.45, 2.75) is 32.7 Å². The van der Waals surface area contributed by atoms with Crippen molar-refractivity contribution in [3.8, 4) is 5.88 Å². The predicted molar refractivity (Wildman–Crippen MR) is 75.5 cm³/mol. The zero-order chi connectivity index (χ0) is 14.1. The Bertz CT molecular complexity index is 368. The normalized spacial score (nSPS) is 12.2. The quantitative estimate of drug-likeness (QED) is 0.703. The van der Waals surface area contributed by atoms with Gasteiger partial charge in [0.25, 0.3) is 0 Å². The first kappa shape index (κ1) is 15.7. The van der Waals surface area contributed by atoms with Crippen LogP contribution in [-0.2, 0) is 4.74 Å². The molecule has 1 rings (SSSR count). The van der Waals surface area contributed by atoms with E-state index in [1.165, 1.54) is 0 Å². The number of methoxy groups -OCH3 is 1. The molecular weight excluding hydrogens is 244 g/mol. The Balaban J connectivity index is 2.72. The molecule has 108 valence electrons. The van der Waals surface area contributed by atoms with E-state index in [0.29, 0.717) is 31.6 Å². The lowest BCUT2D eigenvalue weighted by atomic mass is 10.2. The molecule has 0 amide bonds. The third-order valence-electron chi connectivity index (χ3n) is 2.50. The molecule has 19 heavy (non-hydrogen) atoms. The standard InChI is InChI=1S/C13H24N4O2/c1-4-7-19-12-8-10(2)15-13(17-12)16-11(5-6-14)9-18-3/h8,11H,4-7,9,14H2,1-3H3,(H,15,16,17). The average Bonchev–Trinajstić information content (AvgIpc) is 2.36. The maximum absolute atomic E-state index is 5.58. The van der Waals surface area contributed by atoms with Crippen LogP contribution in [-0.4, -0.2) is 42.9 Å². The van der Waals surface area contributed by atoms with Gasteiger partial charge in [0.15, 0.2) is 0 Å². The minimum absolute atomic E-state index is 0.107. The molecule has 0 aliphatic carbocycles. The number of aromatic nitrogens is 2. The van der Waals surface area contributed by atoms with Gasteiger partial charge in [-0.15, -0.1) is 0 Å². The van der Waals surface area contributed by atoms with Crippen LogP contribution < -0.4 is 15.8 Å². The number of hydrogen-bond donors (Lipinski definition) is 2. The molecule has 1 heterocycles. The van der Waals surface area contributed by atoms with E-state index in [0.717, 1.165) is 18.5 Å². The average molecular weight is 268 g/mol. The van der Waals surface area contributed by atoms with Gasteiger partial charge in [0.05, 0.1) is 19.3 Å². The van der Waals surface area contributed by atoms with Crippen molar-refractivity contribution in [2.75, 3.05) is 32.2 Å². The van der Waals surface area contributed by atoms with Crippen molar-refractivity contribution in [2.24, 2.45) is 5.73 Å². The summed E-state index contributed by atoms with van der Waals surface area (Å²) in [6.45, 7) is 5.79. The van der Waals surface area contributed by atoms with E-state index in [4.69, 9.17) is 15.2 Å². The highest BCUT2D eigenvalue weighted by Gasteiger charge is 2.10. The molecule has 0 aliphatic rings. The second-order valence-corrected chi connectivity index (χ2v) is 4.39. The van der Waals surface area contributed by atoms with Crippen LogP contribution in [0.25, 0.3) is 0 Å². The summed E-state index contributed by atoms with van der Waals surface area (Å²) in [4.78, 5) is 8.68. The lowest BCUT2D eigenvalue weighted by Gasteiger charge is -2.17. The van der Waals surface area contributed by atoms with Crippen LogP contribution in [0.5, 0.6) is 5.88 Å². The highest BCUT2D eigenvalue weighted by Crippen LogP contribution is 2.13. The molecule has 0 fully saturated rings. The molecule has 6 heteroatoms. The molecule has 1 aromatic heterocycles. The lowest BCUT2D eigenvalue weighted by Crippen LogP contribution is -2.28. The predicted octanol–water partition coefficient (Wildman–Crippen LogP) is 1.35. The fourth-order valence-electron chi connectivity index (χ4n) is 1.67. The lowest BCUT2D eigenvalue weighted by molar-refractivity contribution is 0.183. The fraction of sp³-hybridized carbons (Fsp3) is 0.692. The number of aryl methyl sites for hydroxylation is 1. The van der Waals surface area contributed by atoms with Crippen LogP contribution in [0, 0.1) is 6.92 Å². The molecule has 0 saturated heterocycles. The summed E-state index contributed by atoms with van der Waals surface area (Å²) in [5, 5.41) is 3.23. The monoisotopic (exact) mass is 268 g/mol. The van der Waals surface area contributed by atoms with Gasteiger partial charge in [0, 0.05) is 18.9 Å². The third kappa shape index (κ3) is 5.85. The molecule has 0 spiro atoms. The molecule has 1 aromatic rings. The highest BCUT2D eigenvalue weighted by atomic mass is 16.5. The number of rotatable bonds is 9. The van der Waals surface area contributed by atoms with Crippen molar-refractivity contribution in [3.63, 3.8) is 0 Å². The van der Waals surface area contributed by atoms with E-state index in [1.54, 1.807) is 7.11 Å². The maximum Gasteiger partial charge on any atom is 0.226 e. The van der Waals surface area contributed by atoms with Gasteiger partial charge >= 0.3 is 0 Å². The van der Waals surface area contributed by atoms with Crippen LogP contribution in [0.3, 0.4) is 0 Å². The molecule has 0 aromatic carbocycles. The molecule has 3 N–H and O–H groups in total. The van der Waals surface area contributed by atoms with Gasteiger partial charge < -0.3 is 20.5 Å². The van der Waals surface area contributed by atoms with E-state index in [-0.39, 0.29) is 6.04 Å². The molecule has 0 aliphatic heterocycles. The van der Waals surface area contributed by atoms with Crippen molar-refractivity contribution in [3.05, 3.63) is 11.8 Å². The number of ether oxygens (including phenoxy) is 2. The minimum atomic E-state index is 0.107. The summed E-state index contributed by atoms with van der Waals surface area (Å²) in [7, 11) is 1.66. The van der Waals surface area contributed by atoms with E-state index in [2.05, 4.69) is 22.2 Å². The summed E-state index contributed by atoms with van der Waals surface area (Å²) in [5.41, 5.74) is 6.45. The van der Waals surface area contributed by atoms with Crippen molar-refractivity contribution >= 4 is 5.95 Å². The number of nitrogens with two attached hydrogens (primary N) is 1. The van der Waals surface area contributed by atoms with E-state index >= 15 is 0 Å². The van der Waals surface area contributed by atoms with E-state index in [1.807, 2.05) is 13.0 Å². The Morgan fingerprint density at radius 3 is 2.84 bits per heavy atom. The summed E-state index contributed by atoms with van der Waals surface area (Å²) in [6.07, 6.45) is 1.75. The van der Waals surface area contributed by atoms with Crippen LogP contribution >= 0.6 is 0 Å². The molecule has 0 radical (unpaired) electrons. The Hall–Kier alpha value is -1.40. The van der Waals surface area contributed by atoms with Crippen molar-refractivity contribution < 1.29 is 9.47 Å². The van der Waals surface area contributed by atoms with Gasteiger partial charge in [-0.25, -0.2) is 4.98 Å². The van der Waals surface area contributed by atoms with Gasteiger partial charge in [-0.2, -0.15) is 4.98 Å². The largest absolute Gasteiger partial charge is 0.478 e. The van der Waals surface area contributed by atoms with E-state index in [9.17, 15) is 0 Å². The summed E-state index contributed by atoms with van der Waals surface area (Å²) >= 11 is 0. The summed E-state index contributed by atoms with van der Waals surface area (Å²) in [5.74, 6) is 1.15. The smallest absolute Gasteiger partial charge is 0.226 e. The first-order valence-electron chi connectivity index (χ1n) is 6.63. The van der Waals surface area contributed by atoms with Gasteiger partial charge in [-0.05, 0) is 26.3 Å². The van der Waals surface area contributed by atoms with E-state index < -0.39 is 0 Å². The van der Waals surface area contributed by atoms with Gasteiger partial charge in [-0.3, -0.25) is 0 Å². The van der Waals surface area contributed by atoms with Crippen LogP contribution in [0.2, 0.25) is 0 Å². The first-order chi connectivity index (χ1) is 9.19. The number of anilines is 1. The number of hydrogen-bond acceptors (Lipinski definition) is 6. The Labute approximate surface area is 114 Å². The van der Waals surface area contributed by atoms with Gasteiger partial charge in [0.2, 0.25) is 11.8 Å². The maximum atomic E-state index is 5.58. The zero-order valence-electron chi connectivity index (χ0n) is 12.0. The highest BCUT2D eigenvalue weighted by molar-refractivity contribution is 5.31. The summed E-state index contributed by atoms with van der Waals surface area (Å²) in [6, 6.07) is 1.94. The molecular formula is C13H24N4O2. The molecule has 1 unspecified atom stereocenters. The van der Waals surface area contributed by atoms with Crippen LogP contribution in [0.1, 0.15) is 25.5 Å². The SMILES string of the molecule is CCCOc1cc(C)nc(NC(CCN)COC)n1. The second kappa shape index (κ2) is 8.66.